The van der Waals surface area contributed by atoms with E-state index in [1.807, 2.05) is 0 Å². The third-order valence-electron chi connectivity index (χ3n) is 6.12. The minimum Gasteiger partial charge on any atom is -0.399 e. The molecule has 138 valence electrons. The van der Waals surface area contributed by atoms with Gasteiger partial charge in [0.05, 0.1) is 11.2 Å². The van der Waals surface area contributed by atoms with Gasteiger partial charge >= 0.3 is 7.12 Å². The van der Waals surface area contributed by atoms with E-state index in [0.29, 0.717) is 6.04 Å². The van der Waals surface area contributed by atoms with Gasteiger partial charge in [-0.25, -0.2) is 0 Å². The second-order valence-corrected chi connectivity index (χ2v) is 9.45. The standard InChI is InChI=1S/C20H32BNO3/c1-14-17-9-8-16(21-24-19(4,5)20(6,7)25-21)10-15(17)11-22(14)12-18(2,3)13-23/h8-10,14,23H,11-13H2,1-7H3/t14-/m1/s1. The summed E-state index contributed by atoms with van der Waals surface area (Å²) in [5.41, 5.74) is 3.07. The molecule has 25 heavy (non-hydrogen) atoms. The fraction of sp³-hybridized carbons (Fsp3) is 0.700. The number of hydrogen-bond donors (Lipinski definition) is 1. The Bertz CT molecular complexity index is 640. The highest BCUT2D eigenvalue weighted by molar-refractivity contribution is 6.62. The largest absolute Gasteiger partial charge is 0.494 e. The molecule has 1 saturated heterocycles. The zero-order valence-electron chi connectivity index (χ0n) is 16.7. The molecular weight excluding hydrogens is 313 g/mol. The van der Waals surface area contributed by atoms with Gasteiger partial charge in [-0.3, -0.25) is 4.90 Å². The van der Waals surface area contributed by atoms with Crippen molar-refractivity contribution in [2.75, 3.05) is 13.2 Å². The van der Waals surface area contributed by atoms with Crippen molar-refractivity contribution in [2.24, 2.45) is 5.41 Å². The Kier molecular flexibility index (Phi) is 4.60. The van der Waals surface area contributed by atoms with Gasteiger partial charge in [-0.15, -0.1) is 0 Å². The van der Waals surface area contributed by atoms with Gasteiger partial charge in [0.1, 0.15) is 0 Å². The molecular formula is C20H32BNO3. The van der Waals surface area contributed by atoms with E-state index in [-0.39, 0.29) is 30.3 Å². The lowest BCUT2D eigenvalue weighted by atomic mass is 9.77. The first kappa shape index (κ1) is 18.9. The van der Waals surface area contributed by atoms with Crippen LogP contribution in [-0.4, -0.2) is 41.5 Å². The van der Waals surface area contributed by atoms with E-state index in [2.05, 4.69) is 71.6 Å². The average molecular weight is 345 g/mol. The Hall–Kier alpha value is -0.875. The summed E-state index contributed by atoms with van der Waals surface area (Å²) in [4.78, 5) is 2.44. The Morgan fingerprint density at radius 2 is 1.80 bits per heavy atom. The van der Waals surface area contributed by atoms with Gasteiger partial charge in [-0.1, -0.05) is 32.0 Å². The predicted octanol–water partition coefficient (Wildman–Crippen LogP) is 2.88. The molecule has 0 aliphatic carbocycles. The number of benzene rings is 1. The molecule has 2 heterocycles. The molecule has 0 aromatic heterocycles. The van der Waals surface area contributed by atoms with Crippen molar-refractivity contribution >= 4 is 12.6 Å². The van der Waals surface area contributed by atoms with E-state index in [0.717, 1.165) is 18.6 Å². The van der Waals surface area contributed by atoms with E-state index < -0.39 is 0 Å². The highest BCUT2D eigenvalue weighted by Gasteiger charge is 2.51. The lowest BCUT2D eigenvalue weighted by Crippen LogP contribution is -2.41. The smallest absolute Gasteiger partial charge is 0.399 e. The molecule has 2 aliphatic heterocycles. The lowest BCUT2D eigenvalue weighted by molar-refractivity contribution is 0.00578. The molecule has 4 nitrogen and oxygen atoms in total. The minimum absolute atomic E-state index is 0.0924. The van der Waals surface area contributed by atoms with E-state index in [1.54, 1.807) is 0 Å². The van der Waals surface area contributed by atoms with Crippen LogP contribution < -0.4 is 5.46 Å². The Morgan fingerprint density at radius 1 is 1.20 bits per heavy atom. The Morgan fingerprint density at radius 3 is 2.36 bits per heavy atom. The summed E-state index contributed by atoms with van der Waals surface area (Å²) >= 11 is 0. The van der Waals surface area contributed by atoms with Crippen LogP contribution in [0.15, 0.2) is 18.2 Å². The number of nitrogens with zero attached hydrogens (tertiary/aromatic N) is 1. The first-order chi connectivity index (χ1) is 11.5. The molecule has 2 aliphatic rings. The van der Waals surface area contributed by atoms with E-state index in [1.165, 1.54) is 11.1 Å². The van der Waals surface area contributed by atoms with Crippen LogP contribution in [0.2, 0.25) is 0 Å². The van der Waals surface area contributed by atoms with Crippen molar-refractivity contribution < 1.29 is 14.4 Å². The summed E-state index contributed by atoms with van der Waals surface area (Å²) in [6.07, 6.45) is 0. The van der Waals surface area contributed by atoms with Crippen LogP contribution >= 0.6 is 0 Å². The zero-order chi connectivity index (χ0) is 18.6. The summed E-state index contributed by atoms with van der Waals surface area (Å²) < 4.78 is 12.4. The number of fused-ring (bicyclic) bond motifs is 1. The first-order valence-corrected chi connectivity index (χ1v) is 9.29. The molecule has 1 aromatic carbocycles. The topological polar surface area (TPSA) is 41.9 Å². The van der Waals surface area contributed by atoms with Crippen LogP contribution in [0.4, 0.5) is 0 Å². The number of rotatable bonds is 4. The molecule has 3 rings (SSSR count). The zero-order valence-corrected chi connectivity index (χ0v) is 16.7. The van der Waals surface area contributed by atoms with Crippen LogP contribution in [0.3, 0.4) is 0 Å². The van der Waals surface area contributed by atoms with Crippen LogP contribution in [0.25, 0.3) is 0 Å². The number of hydrogen-bond acceptors (Lipinski definition) is 4. The summed E-state index contributed by atoms with van der Waals surface area (Å²) in [6.45, 7) is 16.8. The monoisotopic (exact) mass is 345 g/mol. The van der Waals surface area contributed by atoms with E-state index in [4.69, 9.17) is 9.31 Å². The minimum atomic E-state index is -0.318. The third-order valence-corrected chi connectivity index (χ3v) is 6.12. The van der Waals surface area contributed by atoms with Gasteiger partial charge in [0.15, 0.2) is 0 Å². The first-order valence-electron chi connectivity index (χ1n) is 9.29. The van der Waals surface area contributed by atoms with Crippen molar-refractivity contribution in [1.82, 2.24) is 4.90 Å². The van der Waals surface area contributed by atoms with E-state index in [9.17, 15) is 5.11 Å². The molecule has 0 spiro atoms. The maximum absolute atomic E-state index is 9.58. The molecule has 1 fully saturated rings. The fourth-order valence-corrected chi connectivity index (χ4v) is 3.64. The molecule has 5 heteroatoms. The third kappa shape index (κ3) is 3.40. The number of aliphatic hydroxyl groups is 1. The van der Waals surface area contributed by atoms with Crippen molar-refractivity contribution in [3.8, 4) is 0 Å². The highest BCUT2D eigenvalue weighted by Crippen LogP contribution is 2.38. The SMILES string of the molecule is C[C@@H]1c2ccc(B3OC(C)(C)C(C)(C)O3)cc2CN1CC(C)(C)CO. The van der Waals surface area contributed by atoms with Crippen molar-refractivity contribution in [3.05, 3.63) is 29.3 Å². The molecule has 0 saturated carbocycles. The Labute approximate surface area is 152 Å². The van der Waals surface area contributed by atoms with E-state index >= 15 is 0 Å². The quantitative estimate of drug-likeness (QED) is 0.852. The molecule has 1 aromatic rings. The highest BCUT2D eigenvalue weighted by atomic mass is 16.7. The maximum atomic E-state index is 9.58. The van der Waals surface area contributed by atoms with Gasteiger partial charge in [0.25, 0.3) is 0 Å². The van der Waals surface area contributed by atoms with Gasteiger partial charge in [0.2, 0.25) is 0 Å². The molecule has 1 N–H and O–H groups in total. The van der Waals surface area contributed by atoms with Crippen LogP contribution in [-0.2, 0) is 15.9 Å². The van der Waals surface area contributed by atoms with Crippen molar-refractivity contribution in [3.63, 3.8) is 0 Å². The summed E-state index contributed by atoms with van der Waals surface area (Å²) in [7, 11) is -0.312. The number of aliphatic hydroxyl groups excluding tert-OH is 1. The second-order valence-electron chi connectivity index (χ2n) is 9.45. The predicted molar refractivity (Wildman–Crippen MR) is 102 cm³/mol. The molecule has 0 amide bonds. The average Bonchev–Trinajstić information content (AvgIpc) is 2.92. The lowest BCUT2D eigenvalue weighted by Gasteiger charge is -2.32. The molecule has 0 unspecified atom stereocenters. The second kappa shape index (κ2) is 6.09. The van der Waals surface area contributed by atoms with Crippen LogP contribution in [0.5, 0.6) is 0 Å². The van der Waals surface area contributed by atoms with Crippen molar-refractivity contribution in [2.45, 2.75) is 72.3 Å². The van der Waals surface area contributed by atoms with Gasteiger partial charge < -0.3 is 14.4 Å². The van der Waals surface area contributed by atoms with Gasteiger partial charge in [-0.2, -0.15) is 0 Å². The van der Waals surface area contributed by atoms with Gasteiger partial charge in [0, 0.05) is 31.2 Å². The fourth-order valence-electron chi connectivity index (χ4n) is 3.64. The van der Waals surface area contributed by atoms with Crippen molar-refractivity contribution in [1.29, 1.82) is 0 Å². The van der Waals surface area contributed by atoms with Gasteiger partial charge in [-0.05, 0) is 51.2 Å². The summed E-state index contributed by atoms with van der Waals surface area (Å²) in [6, 6.07) is 6.96. The van der Waals surface area contributed by atoms with Crippen LogP contribution in [0, 0.1) is 5.41 Å². The molecule has 1 atom stereocenters. The molecule has 0 bridgehead atoms. The normalized spacial score (nSPS) is 25.4. The summed E-state index contributed by atoms with van der Waals surface area (Å²) in [5.74, 6) is 0. The molecule has 0 radical (unpaired) electrons. The summed E-state index contributed by atoms with van der Waals surface area (Å²) in [5, 5.41) is 9.58. The maximum Gasteiger partial charge on any atom is 0.494 e. The Balaban J connectivity index is 1.80. The van der Waals surface area contributed by atoms with Crippen LogP contribution in [0.1, 0.15) is 65.6 Å².